The Morgan fingerprint density at radius 2 is 1.76 bits per heavy atom. The van der Waals surface area contributed by atoms with Crippen molar-refractivity contribution in [1.82, 2.24) is 10.6 Å². The average molecular weight is 483 g/mol. The van der Waals surface area contributed by atoms with Crippen LogP contribution in [0, 0.1) is 0 Å². The summed E-state index contributed by atoms with van der Waals surface area (Å²) in [4.78, 5) is 45.3. The Labute approximate surface area is 201 Å². The van der Waals surface area contributed by atoms with E-state index in [-0.39, 0.29) is 53.9 Å². The predicted molar refractivity (Wildman–Crippen MR) is 113 cm³/mol. The van der Waals surface area contributed by atoms with Crippen molar-refractivity contribution in [3.05, 3.63) is 0 Å². The molecule has 0 bridgehead atoms. The van der Waals surface area contributed by atoms with Crippen LogP contribution in [-0.2, 0) is 30.3 Å². The average Bonchev–Trinajstić information content (AvgIpc) is 2.61. The summed E-state index contributed by atoms with van der Waals surface area (Å²) >= 11 is -1.82. The number of unbranched alkanes of at least 4 members (excludes halogenated alkanes) is 1. The van der Waals surface area contributed by atoms with Crippen LogP contribution < -0.4 is 16.4 Å². The van der Waals surface area contributed by atoms with Crippen molar-refractivity contribution in [1.29, 1.82) is 0 Å². The van der Waals surface area contributed by atoms with E-state index in [9.17, 15) is 23.4 Å². The van der Waals surface area contributed by atoms with Gasteiger partial charge in [0.25, 0.3) is 0 Å². The molecule has 1 radical (unpaired) electrons. The third kappa shape index (κ3) is 18.2. The summed E-state index contributed by atoms with van der Waals surface area (Å²) in [6.07, 6.45) is 1.00. The van der Waals surface area contributed by atoms with Crippen molar-refractivity contribution in [2.75, 3.05) is 23.8 Å². The van der Waals surface area contributed by atoms with E-state index in [0.29, 0.717) is 18.6 Å². The summed E-state index contributed by atoms with van der Waals surface area (Å²) in [5.74, 6) is -2.66. The van der Waals surface area contributed by atoms with E-state index < -0.39 is 53.5 Å². The summed E-state index contributed by atoms with van der Waals surface area (Å²) in [6, 6.07) is -2.18. The summed E-state index contributed by atoms with van der Waals surface area (Å²) in [5.41, 5.74) is 5.33. The Bertz CT molecular complexity index is 570. The molecule has 2 amide bonds. The van der Waals surface area contributed by atoms with Gasteiger partial charge in [0.2, 0.25) is 11.8 Å². The monoisotopic (exact) mass is 482 g/mol. The second kappa shape index (κ2) is 18.4. The maximum absolute atomic E-state index is 12.1. The first kappa shape index (κ1) is 30.8. The number of aliphatic carboxylic acids is 2. The number of rotatable bonds is 16. The molecule has 163 valence electrons. The second-order valence-corrected chi connectivity index (χ2v) is 9.23. The predicted octanol–water partition coefficient (Wildman–Crippen LogP) is -1.13. The Hall–Kier alpha value is -0.350. The molecule has 7 N–H and O–H groups in total. The van der Waals surface area contributed by atoms with Crippen LogP contribution >= 0.6 is 21.6 Å². The van der Waals surface area contributed by atoms with Gasteiger partial charge in [-0.1, -0.05) is 21.6 Å². The molecule has 0 spiro atoms. The maximum atomic E-state index is 12.1. The number of carboxylic acid groups (broad SMARTS) is 2. The Morgan fingerprint density at radius 1 is 1.10 bits per heavy atom. The molecule has 3 atom stereocenters. The van der Waals surface area contributed by atoms with Crippen LogP contribution in [0.1, 0.15) is 25.7 Å². The van der Waals surface area contributed by atoms with Gasteiger partial charge in [-0.2, -0.15) is 0 Å². The van der Waals surface area contributed by atoms with Gasteiger partial charge in [-0.3, -0.25) is 19.2 Å². The normalized spacial score (nSPS) is 13.4. The fraction of sp³-hybridized carbons (Fsp3) is 0.714. The van der Waals surface area contributed by atoms with Crippen LogP contribution in [0.25, 0.3) is 0 Å². The zero-order valence-corrected chi connectivity index (χ0v) is 20.4. The molecule has 0 aromatic carbocycles. The molecule has 3 unspecified atom stereocenters. The van der Waals surface area contributed by atoms with E-state index in [0.717, 1.165) is 0 Å². The fourth-order valence-corrected chi connectivity index (χ4v) is 4.47. The molecule has 29 heavy (non-hydrogen) atoms. The van der Waals surface area contributed by atoms with Crippen molar-refractivity contribution in [3.8, 4) is 0 Å². The topological polar surface area (TPSA) is 196 Å². The van der Waals surface area contributed by atoms with Crippen molar-refractivity contribution < 1.29 is 38.2 Å². The van der Waals surface area contributed by atoms with E-state index in [4.69, 9.17) is 20.5 Å². The number of amides is 2. The molecule has 11 nitrogen and oxygen atoms in total. The molecule has 0 fully saturated rings. The van der Waals surface area contributed by atoms with Crippen LogP contribution in [0.4, 0.5) is 0 Å². The summed E-state index contributed by atoms with van der Waals surface area (Å²) in [6.45, 7) is -0.592. The van der Waals surface area contributed by atoms with Gasteiger partial charge >= 0.3 is 11.9 Å². The molecule has 15 heteroatoms. The van der Waals surface area contributed by atoms with E-state index >= 15 is 0 Å². The van der Waals surface area contributed by atoms with E-state index in [1.165, 1.54) is 21.6 Å². The molecular formula is C14H25N3NaO8S3. The number of nitrogens with one attached hydrogen (secondary N) is 2. The molecule has 0 aromatic rings. The number of hydrogen-bond donors (Lipinski definition) is 6. The van der Waals surface area contributed by atoms with Gasteiger partial charge in [0.15, 0.2) is 11.1 Å². The first-order valence-corrected chi connectivity index (χ1v) is 12.0. The zero-order valence-electron chi connectivity index (χ0n) is 16.0. The van der Waals surface area contributed by atoms with Crippen LogP contribution in [-0.4, -0.2) is 108 Å². The molecule has 0 saturated carbocycles. The van der Waals surface area contributed by atoms with E-state index in [2.05, 4.69) is 10.6 Å². The first-order valence-electron chi connectivity index (χ1n) is 8.22. The smallest absolute Gasteiger partial charge is 0.322 e. The van der Waals surface area contributed by atoms with Gasteiger partial charge < -0.3 is 31.1 Å². The van der Waals surface area contributed by atoms with Gasteiger partial charge in [-0.15, -0.1) is 0 Å². The molecule has 0 saturated heterocycles. The standard InChI is InChI=1S/C14H25N3O8S3.Na/c15-9(14(22)23)3-4-11(18)17-10(13(21)16-7-12(19)20)8-27-26-5-1-2-6-28(24)25;/h9-10H,1-8,15H2,(H,16,21)(H,17,18)(H,19,20)(H,22,23)(H,24,25);. The van der Waals surface area contributed by atoms with Crippen LogP contribution in [0.3, 0.4) is 0 Å². The van der Waals surface area contributed by atoms with E-state index in [1.54, 1.807) is 0 Å². The van der Waals surface area contributed by atoms with Crippen molar-refractivity contribution >= 4 is 86.0 Å². The van der Waals surface area contributed by atoms with Crippen LogP contribution in [0.2, 0.25) is 0 Å². The van der Waals surface area contributed by atoms with Gasteiger partial charge in [-0.25, -0.2) is 4.21 Å². The molecular weight excluding hydrogens is 457 g/mol. The Morgan fingerprint density at radius 3 is 2.31 bits per heavy atom. The minimum absolute atomic E-state index is 0. The molecule has 0 aliphatic heterocycles. The third-order valence-corrected chi connectivity index (χ3v) is 6.32. The van der Waals surface area contributed by atoms with Crippen LogP contribution in [0.15, 0.2) is 0 Å². The molecule has 0 heterocycles. The largest absolute Gasteiger partial charge is 0.480 e. The molecule has 0 aromatic heterocycles. The van der Waals surface area contributed by atoms with Gasteiger partial charge in [-0.05, 0) is 19.3 Å². The van der Waals surface area contributed by atoms with Gasteiger partial charge in [0, 0.05) is 53.2 Å². The Kier molecular flexibility index (Phi) is 19.6. The quantitative estimate of drug-likeness (QED) is 0.0673. The van der Waals surface area contributed by atoms with Crippen molar-refractivity contribution in [2.45, 2.75) is 37.8 Å². The third-order valence-electron chi connectivity index (χ3n) is 3.18. The molecule has 0 aliphatic carbocycles. The number of carboxylic acids is 2. The Balaban J connectivity index is 0. The fourth-order valence-electron chi connectivity index (χ4n) is 1.71. The SMILES string of the molecule is NC(CCC(=O)NC(CSSCCCCS(=O)O)C(=O)NCC(=O)O)C(=O)O.[Na]. The maximum Gasteiger partial charge on any atom is 0.322 e. The van der Waals surface area contributed by atoms with Crippen LogP contribution in [0.5, 0.6) is 0 Å². The van der Waals surface area contributed by atoms with Crippen molar-refractivity contribution in [3.63, 3.8) is 0 Å². The van der Waals surface area contributed by atoms with E-state index in [1.807, 2.05) is 0 Å². The summed E-state index contributed by atoms with van der Waals surface area (Å²) < 4.78 is 19.2. The number of hydrogen-bond acceptors (Lipinski definition) is 8. The molecule has 0 aliphatic rings. The number of carbonyl (C=O) groups is 4. The van der Waals surface area contributed by atoms with Crippen molar-refractivity contribution in [2.24, 2.45) is 5.73 Å². The molecule has 0 rings (SSSR count). The number of carbonyl (C=O) groups excluding carboxylic acids is 2. The van der Waals surface area contributed by atoms with Gasteiger partial charge in [0.05, 0.1) is 0 Å². The summed E-state index contributed by atoms with van der Waals surface area (Å²) in [5, 5.41) is 22.0. The zero-order chi connectivity index (χ0) is 21.5. The van der Waals surface area contributed by atoms with Gasteiger partial charge in [0.1, 0.15) is 18.6 Å². The minimum atomic E-state index is -1.82. The number of nitrogens with two attached hydrogens (primary N) is 1. The minimum Gasteiger partial charge on any atom is -0.480 e. The summed E-state index contributed by atoms with van der Waals surface area (Å²) in [7, 11) is 2.71. The first-order chi connectivity index (χ1) is 13.1. The second-order valence-electron chi connectivity index (χ2n) is 5.55.